The molecule has 1 saturated carbocycles. The van der Waals surface area contributed by atoms with Gasteiger partial charge in [0.2, 0.25) is 5.91 Å². The highest BCUT2D eigenvalue weighted by atomic mass is 19.2. The number of hydrogen-bond donors (Lipinski definition) is 1. The van der Waals surface area contributed by atoms with Gasteiger partial charge in [0, 0.05) is 37.0 Å². The molecule has 0 radical (unpaired) electrons. The van der Waals surface area contributed by atoms with Crippen molar-refractivity contribution in [1.82, 2.24) is 0 Å². The molecule has 0 spiro atoms. The molecule has 0 aromatic heterocycles. The quantitative estimate of drug-likeness (QED) is 0.778. The number of carbonyl (C=O) groups is 1. The lowest BCUT2D eigenvalue weighted by Gasteiger charge is -2.33. The number of rotatable bonds is 4. The fourth-order valence-corrected chi connectivity index (χ4v) is 4.13. The summed E-state index contributed by atoms with van der Waals surface area (Å²) in [5.41, 5.74) is 6.31. The van der Waals surface area contributed by atoms with E-state index in [0.29, 0.717) is 18.7 Å². The molecule has 0 bridgehead atoms. The number of anilines is 2. The van der Waals surface area contributed by atoms with Crippen molar-refractivity contribution in [2.45, 2.75) is 53.0 Å². The minimum atomic E-state index is -0.831. The maximum atomic E-state index is 13.7. The maximum absolute atomic E-state index is 13.7. The second-order valence-corrected chi connectivity index (χ2v) is 8.64. The Morgan fingerprint density at radius 1 is 1.18 bits per heavy atom. The lowest BCUT2D eigenvalue weighted by Crippen LogP contribution is -2.31. The molecule has 2 aromatic rings. The van der Waals surface area contributed by atoms with Crippen LogP contribution in [0.15, 0.2) is 24.3 Å². The molecule has 1 aliphatic heterocycles. The van der Waals surface area contributed by atoms with Crippen LogP contribution in [0.4, 0.5) is 20.2 Å². The summed E-state index contributed by atoms with van der Waals surface area (Å²) in [6.45, 7) is 7.59. The van der Waals surface area contributed by atoms with Gasteiger partial charge in [-0.25, -0.2) is 8.78 Å². The average Bonchev–Trinajstić information content (AvgIpc) is 3.37. The van der Waals surface area contributed by atoms with Gasteiger partial charge in [0.15, 0.2) is 11.6 Å². The SMILES string of the molecule is Cc1cc2c(c(C)c1NC(=O)CC1(C)CC1)CN(c1ccc(F)c(F)c1)CC2. The lowest BCUT2D eigenvalue weighted by molar-refractivity contribution is -0.117. The van der Waals surface area contributed by atoms with Gasteiger partial charge in [-0.15, -0.1) is 0 Å². The van der Waals surface area contributed by atoms with E-state index in [-0.39, 0.29) is 11.3 Å². The number of nitrogens with one attached hydrogen (secondary N) is 1. The van der Waals surface area contributed by atoms with Crippen molar-refractivity contribution in [1.29, 1.82) is 0 Å². The number of aryl methyl sites for hydroxylation is 1. The third kappa shape index (κ3) is 3.62. The van der Waals surface area contributed by atoms with Crippen LogP contribution < -0.4 is 10.2 Å². The zero-order valence-electron chi connectivity index (χ0n) is 16.7. The zero-order valence-corrected chi connectivity index (χ0v) is 16.7. The van der Waals surface area contributed by atoms with Crippen LogP contribution in [-0.4, -0.2) is 12.5 Å². The molecular weight excluding hydrogens is 358 g/mol. The largest absolute Gasteiger partial charge is 0.367 e. The van der Waals surface area contributed by atoms with Gasteiger partial charge in [0.25, 0.3) is 0 Å². The number of benzene rings is 2. The van der Waals surface area contributed by atoms with Crippen LogP contribution in [0.2, 0.25) is 0 Å². The molecule has 2 aromatic carbocycles. The molecule has 0 atom stereocenters. The molecule has 1 heterocycles. The zero-order chi connectivity index (χ0) is 20.1. The highest BCUT2D eigenvalue weighted by Gasteiger charge is 2.39. The summed E-state index contributed by atoms with van der Waals surface area (Å²) in [4.78, 5) is 14.6. The van der Waals surface area contributed by atoms with Crippen molar-refractivity contribution in [3.63, 3.8) is 0 Å². The first-order valence-electron chi connectivity index (χ1n) is 9.87. The molecule has 1 fully saturated rings. The minimum absolute atomic E-state index is 0.0689. The molecule has 1 aliphatic carbocycles. The molecule has 3 nitrogen and oxygen atoms in total. The third-order valence-electron chi connectivity index (χ3n) is 6.22. The first-order chi connectivity index (χ1) is 13.3. The highest BCUT2D eigenvalue weighted by Crippen LogP contribution is 2.48. The van der Waals surface area contributed by atoms with Crippen LogP contribution in [0.1, 0.15) is 48.4 Å². The Hall–Kier alpha value is -2.43. The molecule has 4 rings (SSSR count). The van der Waals surface area contributed by atoms with Crippen molar-refractivity contribution in [3.8, 4) is 0 Å². The van der Waals surface area contributed by atoms with E-state index in [1.54, 1.807) is 6.07 Å². The van der Waals surface area contributed by atoms with Gasteiger partial charge < -0.3 is 10.2 Å². The Morgan fingerprint density at radius 3 is 2.61 bits per heavy atom. The molecule has 1 amide bonds. The number of amides is 1. The number of fused-ring (bicyclic) bond motifs is 1. The molecule has 28 heavy (non-hydrogen) atoms. The fraction of sp³-hybridized carbons (Fsp3) is 0.435. The van der Waals surface area contributed by atoms with Crippen LogP contribution in [-0.2, 0) is 17.8 Å². The fourth-order valence-electron chi connectivity index (χ4n) is 4.13. The number of halogens is 2. The first kappa shape index (κ1) is 18.9. The molecular formula is C23H26F2N2O. The first-order valence-corrected chi connectivity index (χ1v) is 9.87. The Kier molecular flexibility index (Phi) is 4.64. The number of nitrogens with zero attached hydrogens (tertiary/aromatic N) is 1. The van der Waals surface area contributed by atoms with Gasteiger partial charge >= 0.3 is 0 Å². The van der Waals surface area contributed by atoms with Gasteiger partial charge in [-0.05, 0) is 72.9 Å². The minimum Gasteiger partial charge on any atom is -0.367 e. The maximum Gasteiger partial charge on any atom is 0.224 e. The van der Waals surface area contributed by atoms with E-state index in [2.05, 4.69) is 23.2 Å². The smallest absolute Gasteiger partial charge is 0.224 e. The molecule has 1 N–H and O–H groups in total. The number of hydrogen-bond acceptors (Lipinski definition) is 2. The summed E-state index contributed by atoms with van der Waals surface area (Å²) in [7, 11) is 0. The van der Waals surface area contributed by atoms with E-state index in [1.807, 2.05) is 13.8 Å². The van der Waals surface area contributed by atoms with Crippen LogP contribution >= 0.6 is 0 Å². The van der Waals surface area contributed by atoms with E-state index < -0.39 is 11.6 Å². The standard InChI is InChI=1S/C23H26F2N2O/c1-14-10-16-6-9-27(17-4-5-19(24)20(25)11-17)13-18(16)15(2)22(14)26-21(28)12-23(3)7-8-23/h4-5,10-11H,6-9,12-13H2,1-3H3,(H,26,28). The van der Waals surface area contributed by atoms with Crippen LogP contribution in [0.3, 0.4) is 0 Å². The Labute approximate surface area is 164 Å². The topological polar surface area (TPSA) is 32.3 Å². The van der Waals surface area contributed by atoms with Crippen LogP contribution in [0.25, 0.3) is 0 Å². The Bertz CT molecular complexity index is 950. The van der Waals surface area contributed by atoms with E-state index in [0.717, 1.165) is 48.2 Å². The predicted molar refractivity (Wildman–Crippen MR) is 108 cm³/mol. The Balaban J connectivity index is 1.59. The second kappa shape index (κ2) is 6.87. The van der Waals surface area contributed by atoms with E-state index in [4.69, 9.17) is 0 Å². The van der Waals surface area contributed by atoms with Gasteiger partial charge in [-0.2, -0.15) is 0 Å². The van der Waals surface area contributed by atoms with Gasteiger partial charge in [-0.3, -0.25) is 4.79 Å². The average molecular weight is 384 g/mol. The summed E-state index contributed by atoms with van der Waals surface area (Å²) < 4.78 is 26.9. The van der Waals surface area contributed by atoms with Crippen LogP contribution in [0.5, 0.6) is 0 Å². The van der Waals surface area contributed by atoms with Crippen molar-refractivity contribution < 1.29 is 13.6 Å². The normalized spacial score (nSPS) is 17.2. The summed E-state index contributed by atoms with van der Waals surface area (Å²) in [6.07, 6.45) is 3.63. The van der Waals surface area contributed by atoms with E-state index in [9.17, 15) is 13.6 Å². The molecule has 0 saturated heterocycles. The molecule has 5 heteroatoms. The Morgan fingerprint density at radius 2 is 1.93 bits per heavy atom. The molecule has 2 aliphatic rings. The van der Waals surface area contributed by atoms with Crippen LogP contribution in [0, 0.1) is 30.9 Å². The lowest BCUT2D eigenvalue weighted by atomic mass is 9.91. The summed E-state index contributed by atoms with van der Waals surface area (Å²) in [5.74, 6) is -1.59. The summed E-state index contributed by atoms with van der Waals surface area (Å²) in [6, 6.07) is 6.19. The van der Waals surface area contributed by atoms with Crippen molar-refractivity contribution in [2.24, 2.45) is 5.41 Å². The highest BCUT2D eigenvalue weighted by molar-refractivity contribution is 5.93. The molecule has 148 valence electrons. The predicted octanol–water partition coefficient (Wildman–Crippen LogP) is 5.27. The van der Waals surface area contributed by atoms with Crippen molar-refractivity contribution in [2.75, 3.05) is 16.8 Å². The van der Waals surface area contributed by atoms with Gasteiger partial charge in [0.1, 0.15) is 0 Å². The van der Waals surface area contributed by atoms with Gasteiger partial charge in [0.05, 0.1) is 0 Å². The second-order valence-electron chi connectivity index (χ2n) is 8.64. The van der Waals surface area contributed by atoms with Crippen molar-refractivity contribution >= 4 is 17.3 Å². The molecule has 0 unspecified atom stereocenters. The monoisotopic (exact) mass is 384 g/mol. The summed E-state index contributed by atoms with van der Waals surface area (Å²) >= 11 is 0. The van der Waals surface area contributed by atoms with Gasteiger partial charge in [-0.1, -0.05) is 13.0 Å². The van der Waals surface area contributed by atoms with Crippen molar-refractivity contribution in [3.05, 3.63) is 58.2 Å². The number of carbonyl (C=O) groups excluding carboxylic acids is 1. The van der Waals surface area contributed by atoms with E-state index in [1.165, 1.54) is 17.7 Å². The van der Waals surface area contributed by atoms with E-state index >= 15 is 0 Å². The third-order valence-corrected chi connectivity index (χ3v) is 6.22. The summed E-state index contributed by atoms with van der Waals surface area (Å²) in [5, 5.41) is 3.13.